The molecule has 0 unspecified atom stereocenters. The van der Waals surface area contributed by atoms with Gasteiger partial charge in [0.2, 0.25) is 0 Å². The molecule has 3 nitrogen and oxygen atoms in total. The van der Waals surface area contributed by atoms with E-state index in [0.29, 0.717) is 5.56 Å². The number of hydrogen-bond donors (Lipinski definition) is 0. The van der Waals surface area contributed by atoms with Crippen LogP contribution < -0.4 is 0 Å². The Kier molecular flexibility index (Phi) is 3.60. The fourth-order valence-electron chi connectivity index (χ4n) is 2.07. The standard InChI is InChI=1S/C15H18N2O/c1-4-7-17-9-13(10-18)15(16-17)14-8-11(2)5-6-12(14)3/h5-6,8-10H,4,7H2,1-3H3. The normalized spacial score (nSPS) is 10.6. The van der Waals surface area contributed by atoms with E-state index in [1.807, 2.05) is 24.7 Å². The first kappa shape index (κ1) is 12.6. The second-order valence-corrected chi connectivity index (χ2v) is 4.63. The second-order valence-electron chi connectivity index (χ2n) is 4.63. The SMILES string of the molecule is CCCn1cc(C=O)c(-c2cc(C)ccc2C)n1. The van der Waals surface area contributed by atoms with Crippen molar-refractivity contribution in [1.82, 2.24) is 9.78 Å². The molecule has 94 valence electrons. The molecule has 0 aliphatic heterocycles. The summed E-state index contributed by atoms with van der Waals surface area (Å²) in [7, 11) is 0. The van der Waals surface area contributed by atoms with Gasteiger partial charge < -0.3 is 0 Å². The van der Waals surface area contributed by atoms with Gasteiger partial charge in [-0.25, -0.2) is 0 Å². The lowest BCUT2D eigenvalue weighted by molar-refractivity contribution is 0.112. The molecular weight excluding hydrogens is 224 g/mol. The van der Waals surface area contributed by atoms with Crippen molar-refractivity contribution in [2.45, 2.75) is 33.7 Å². The first-order valence-electron chi connectivity index (χ1n) is 6.26. The third-order valence-corrected chi connectivity index (χ3v) is 3.02. The highest BCUT2D eigenvalue weighted by atomic mass is 16.1. The molecular formula is C15H18N2O. The molecule has 1 heterocycles. The van der Waals surface area contributed by atoms with Crippen molar-refractivity contribution in [3.8, 4) is 11.3 Å². The van der Waals surface area contributed by atoms with Crippen LogP contribution in [0.5, 0.6) is 0 Å². The average Bonchev–Trinajstić information content (AvgIpc) is 2.76. The highest BCUT2D eigenvalue weighted by Gasteiger charge is 2.12. The third kappa shape index (κ3) is 2.35. The van der Waals surface area contributed by atoms with Gasteiger partial charge in [0.05, 0.1) is 5.56 Å². The first-order valence-corrected chi connectivity index (χ1v) is 6.26. The van der Waals surface area contributed by atoms with Crippen LogP contribution in [0.3, 0.4) is 0 Å². The topological polar surface area (TPSA) is 34.9 Å². The summed E-state index contributed by atoms with van der Waals surface area (Å²) in [6.07, 6.45) is 3.72. The number of aldehydes is 1. The Labute approximate surface area is 107 Å². The first-order chi connectivity index (χ1) is 8.65. The summed E-state index contributed by atoms with van der Waals surface area (Å²) in [6.45, 7) is 7.03. The molecule has 1 aromatic heterocycles. The van der Waals surface area contributed by atoms with Crippen LogP contribution in [-0.2, 0) is 6.54 Å². The number of benzene rings is 1. The monoisotopic (exact) mass is 242 g/mol. The minimum atomic E-state index is 0.664. The second kappa shape index (κ2) is 5.17. The molecule has 1 aromatic carbocycles. The maximum absolute atomic E-state index is 11.2. The van der Waals surface area contributed by atoms with Crippen LogP contribution in [0, 0.1) is 13.8 Å². The predicted octanol–water partition coefficient (Wildman–Crippen LogP) is 3.39. The molecule has 0 amide bonds. The van der Waals surface area contributed by atoms with Crippen molar-refractivity contribution in [1.29, 1.82) is 0 Å². The highest BCUT2D eigenvalue weighted by molar-refractivity contribution is 5.86. The minimum Gasteiger partial charge on any atom is -0.298 e. The van der Waals surface area contributed by atoms with Gasteiger partial charge in [0, 0.05) is 18.3 Å². The van der Waals surface area contributed by atoms with Crippen molar-refractivity contribution in [2.24, 2.45) is 0 Å². The molecule has 0 spiro atoms. The Morgan fingerprint density at radius 1 is 1.33 bits per heavy atom. The highest BCUT2D eigenvalue weighted by Crippen LogP contribution is 2.25. The molecule has 0 saturated carbocycles. The average molecular weight is 242 g/mol. The summed E-state index contributed by atoms with van der Waals surface area (Å²) in [5.74, 6) is 0. The molecule has 0 atom stereocenters. The molecule has 3 heteroatoms. The van der Waals surface area contributed by atoms with Crippen LogP contribution in [0.4, 0.5) is 0 Å². The molecule has 0 saturated heterocycles. The van der Waals surface area contributed by atoms with E-state index in [2.05, 4.69) is 30.2 Å². The van der Waals surface area contributed by atoms with E-state index in [0.717, 1.165) is 36.1 Å². The van der Waals surface area contributed by atoms with E-state index < -0.39 is 0 Å². The quantitative estimate of drug-likeness (QED) is 0.770. The van der Waals surface area contributed by atoms with Crippen LogP contribution >= 0.6 is 0 Å². The van der Waals surface area contributed by atoms with Crippen LogP contribution in [-0.4, -0.2) is 16.1 Å². The Morgan fingerprint density at radius 2 is 2.11 bits per heavy atom. The van der Waals surface area contributed by atoms with E-state index >= 15 is 0 Å². The maximum Gasteiger partial charge on any atom is 0.153 e. The number of aromatic nitrogens is 2. The summed E-state index contributed by atoms with van der Waals surface area (Å²) in [6, 6.07) is 6.22. The molecule has 0 bridgehead atoms. The number of hydrogen-bond acceptors (Lipinski definition) is 2. The van der Waals surface area contributed by atoms with E-state index in [1.165, 1.54) is 5.56 Å². The molecule has 0 aliphatic carbocycles. The van der Waals surface area contributed by atoms with Gasteiger partial charge in [0.15, 0.2) is 6.29 Å². The lowest BCUT2D eigenvalue weighted by Gasteiger charge is -2.05. The number of carbonyl (C=O) groups is 1. The predicted molar refractivity (Wildman–Crippen MR) is 72.8 cm³/mol. The summed E-state index contributed by atoms with van der Waals surface area (Å²) >= 11 is 0. The van der Waals surface area contributed by atoms with Crippen molar-refractivity contribution in [3.05, 3.63) is 41.1 Å². The Morgan fingerprint density at radius 3 is 2.78 bits per heavy atom. The van der Waals surface area contributed by atoms with Gasteiger partial charge in [-0.1, -0.05) is 24.6 Å². The van der Waals surface area contributed by atoms with Gasteiger partial charge in [-0.2, -0.15) is 5.10 Å². The minimum absolute atomic E-state index is 0.664. The molecule has 0 aliphatic rings. The van der Waals surface area contributed by atoms with Gasteiger partial charge >= 0.3 is 0 Å². The number of nitrogens with zero attached hydrogens (tertiary/aromatic N) is 2. The van der Waals surface area contributed by atoms with Gasteiger partial charge in [-0.05, 0) is 31.9 Å². The molecule has 0 fully saturated rings. The zero-order chi connectivity index (χ0) is 13.1. The lowest BCUT2D eigenvalue weighted by atomic mass is 10.0. The van der Waals surface area contributed by atoms with Gasteiger partial charge in [-0.3, -0.25) is 9.48 Å². The van der Waals surface area contributed by atoms with Crippen molar-refractivity contribution in [3.63, 3.8) is 0 Å². The van der Waals surface area contributed by atoms with Crippen LogP contribution in [0.15, 0.2) is 24.4 Å². The van der Waals surface area contributed by atoms with Crippen molar-refractivity contribution < 1.29 is 4.79 Å². The number of rotatable bonds is 4. The summed E-state index contributed by atoms with van der Waals surface area (Å²) in [5.41, 5.74) is 4.83. The van der Waals surface area contributed by atoms with Crippen LogP contribution in [0.1, 0.15) is 34.8 Å². The summed E-state index contributed by atoms with van der Waals surface area (Å²) in [4.78, 5) is 11.2. The zero-order valence-corrected chi connectivity index (χ0v) is 11.1. The number of aryl methyl sites for hydroxylation is 3. The Balaban J connectivity index is 2.54. The zero-order valence-electron chi connectivity index (χ0n) is 11.1. The van der Waals surface area contributed by atoms with E-state index in [4.69, 9.17) is 0 Å². The Bertz CT molecular complexity index is 570. The van der Waals surface area contributed by atoms with E-state index in [-0.39, 0.29) is 0 Å². The van der Waals surface area contributed by atoms with E-state index in [1.54, 1.807) is 0 Å². The van der Waals surface area contributed by atoms with Gasteiger partial charge in [0.1, 0.15) is 5.69 Å². The number of carbonyl (C=O) groups excluding carboxylic acids is 1. The molecule has 2 aromatic rings. The fourth-order valence-corrected chi connectivity index (χ4v) is 2.07. The fraction of sp³-hybridized carbons (Fsp3) is 0.333. The molecule has 0 N–H and O–H groups in total. The molecule has 2 rings (SSSR count). The van der Waals surface area contributed by atoms with Gasteiger partial charge in [-0.15, -0.1) is 0 Å². The van der Waals surface area contributed by atoms with Crippen LogP contribution in [0.25, 0.3) is 11.3 Å². The van der Waals surface area contributed by atoms with Crippen LogP contribution in [0.2, 0.25) is 0 Å². The third-order valence-electron chi connectivity index (χ3n) is 3.02. The summed E-state index contributed by atoms with van der Waals surface area (Å²) in [5, 5.41) is 4.53. The maximum atomic E-state index is 11.2. The molecule has 18 heavy (non-hydrogen) atoms. The van der Waals surface area contributed by atoms with Crippen molar-refractivity contribution >= 4 is 6.29 Å². The van der Waals surface area contributed by atoms with Crippen molar-refractivity contribution in [2.75, 3.05) is 0 Å². The molecule has 0 radical (unpaired) electrons. The largest absolute Gasteiger partial charge is 0.298 e. The smallest absolute Gasteiger partial charge is 0.153 e. The lowest BCUT2D eigenvalue weighted by Crippen LogP contribution is -1.97. The Hall–Kier alpha value is -1.90. The van der Waals surface area contributed by atoms with E-state index in [9.17, 15) is 4.79 Å². The van der Waals surface area contributed by atoms with Gasteiger partial charge in [0.25, 0.3) is 0 Å². The summed E-state index contributed by atoms with van der Waals surface area (Å²) < 4.78 is 1.85.